The van der Waals surface area contributed by atoms with Crippen molar-refractivity contribution in [1.82, 2.24) is 0 Å². The minimum atomic E-state index is -0.502. The zero-order valence-corrected chi connectivity index (χ0v) is 20.5. The second-order valence-corrected chi connectivity index (χ2v) is 5.83. The molecule has 1 aliphatic carbocycles. The molecule has 4 nitrogen and oxygen atoms in total. The number of hydrogen-bond acceptors (Lipinski definition) is 4. The van der Waals surface area contributed by atoms with Crippen molar-refractivity contribution >= 4 is 11.8 Å². The molecular weight excluding hydrogens is 376 g/mol. The maximum atomic E-state index is 13.0. The van der Waals surface area contributed by atoms with E-state index >= 15 is 0 Å². The van der Waals surface area contributed by atoms with Crippen molar-refractivity contribution in [2.24, 2.45) is 0 Å². The summed E-state index contributed by atoms with van der Waals surface area (Å²) in [5.41, 5.74) is 4.52. The molecule has 0 radical (unpaired) electrons. The van der Waals surface area contributed by atoms with Crippen LogP contribution in [0.2, 0.25) is 0 Å². The third-order valence-corrected chi connectivity index (χ3v) is 4.25. The van der Waals surface area contributed by atoms with Gasteiger partial charge in [-0.15, -0.1) is 0 Å². The molecule has 30 heavy (non-hydrogen) atoms. The monoisotopic (exact) mass is 416 g/mol. The molecule has 0 spiro atoms. The SMILES string of the molecule is CC.CC.CC.CO/C=C(\C(=O)OC)C1=C(C(=O)c2ccccc2)CC(C)=C(C)C1. The molecule has 0 saturated carbocycles. The standard InChI is InChI=1S/C20H22O4.3C2H6/c1-13-10-16(18(12-23-3)20(22)24-4)17(11-14(13)2)19(21)15-8-6-5-7-9-15;3*1-2/h5-9,12H,10-11H2,1-4H3;3*1-2H3/b18-12-;;;. The summed E-state index contributed by atoms with van der Waals surface area (Å²) < 4.78 is 9.92. The highest BCUT2D eigenvalue weighted by Gasteiger charge is 2.28. The van der Waals surface area contributed by atoms with Gasteiger partial charge in [-0.1, -0.05) is 83.0 Å². The van der Waals surface area contributed by atoms with Gasteiger partial charge in [-0.3, -0.25) is 4.79 Å². The quantitative estimate of drug-likeness (QED) is 0.169. The Labute approximate surface area is 183 Å². The number of allylic oxidation sites excluding steroid dienone is 3. The average molecular weight is 417 g/mol. The van der Waals surface area contributed by atoms with Crippen molar-refractivity contribution in [2.75, 3.05) is 14.2 Å². The van der Waals surface area contributed by atoms with Gasteiger partial charge < -0.3 is 9.47 Å². The Bertz CT molecular complexity index is 738. The van der Waals surface area contributed by atoms with E-state index in [0.717, 1.165) is 11.1 Å². The first kappa shape index (κ1) is 29.6. The molecule has 4 heteroatoms. The highest BCUT2D eigenvalue weighted by atomic mass is 16.5. The number of rotatable bonds is 5. The molecule has 0 fully saturated rings. The first-order chi connectivity index (χ1) is 14.5. The van der Waals surface area contributed by atoms with E-state index in [2.05, 4.69) is 0 Å². The Balaban J connectivity index is 0. The highest BCUT2D eigenvalue weighted by Crippen LogP contribution is 2.35. The summed E-state index contributed by atoms with van der Waals surface area (Å²) in [6, 6.07) is 9.09. The van der Waals surface area contributed by atoms with Crippen LogP contribution in [-0.4, -0.2) is 26.0 Å². The second-order valence-electron chi connectivity index (χ2n) is 5.83. The van der Waals surface area contributed by atoms with Crippen LogP contribution in [0.3, 0.4) is 0 Å². The third-order valence-electron chi connectivity index (χ3n) is 4.25. The molecule has 1 aromatic carbocycles. The van der Waals surface area contributed by atoms with Gasteiger partial charge in [-0.05, 0) is 32.3 Å². The molecule has 0 unspecified atom stereocenters. The highest BCUT2D eigenvalue weighted by molar-refractivity contribution is 6.11. The van der Waals surface area contributed by atoms with Gasteiger partial charge in [0.1, 0.15) is 0 Å². The van der Waals surface area contributed by atoms with Crippen LogP contribution in [0, 0.1) is 0 Å². The fraction of sp³-hybridized carbons (Fsp3) is 0.462. The van der Waals surface area contributed by atoms with E-state index in [4.69, 9.17) is 9.47 Å². The van der Waals surface area contributed by atoms with E-state index in [1.54, 1.807) is 12.1 Å². The first-order valence-corrected chi connectivity index (χ1v) is 10.8. The van der Waals surface area contributed by atoms with E-state index in [1.165, 1.54) is 20.5 Å². The van der Waals surface area contributed by atoms with Gasteiger partial charge in [0.2, 0.25) is 0 Å². The maximum absolute atomic E-state index is 13.0. The minimum Gasteiger partial charge on any atom is -0.503 e. The molecule has 0 saturated heterocycles. The van der Waals surface area contributed by atoms with Gasteiger partial charge in [-0.25, -0.2) is 4.79 Å². The number of hydrogen-bond donors (Lipinski definition) is 0. The molecule has 0 aromatic heterocycles. The Hall–Kier alpha value is -2.62. The number of methoxy groups -OCH3 is 2. The molecule has 0 atom stereocenters. The average Bonchev–Trinajstić information content (AvgIpc) is 2.82. The molecule has 0 bridgehead atoms. The number of carbonyl (C=O) groups is 2. The summed E-state index contributed by atoms with van der Waals surface area (Å²) >= 11 is 0. The van der Waals surface area contributed by atoms with Gasteiger partial charge in [0.05, 0.1) is 26.1 Å². The molecular formula is C26H40O4. The Morgan fingerprint density at radius 3 is 1.70 bits per heavy atom. The molecule has 0 amide bonds. The van der Waals surface area contributed by atoms with Gasteiger partial charge in [0.25, 0.3) is 0 Å². The van der Waals surface area contributed by atoms with Crippen molar-refractivity contribution in [1.29, 1.82) is 0 Å². The van der Waals surface area contributed by atoms with E-state index in [-0.39, 0.29) is 5.78 Å². The first-order valence-electron chi connectivity index (χ1n) is 10.8. The van der Waals surface area contributed by atoms with Crippen molar-refractivity contribution in [2.45, 2.75) is 68.2 Å². The number of carbonyl (C=O) groups excluding carboxylic acids is 2. The van der Waals surface area contributed by atoms with E-state index in [1.807, 2.05) is 73.6 Å². The number of benzene rings is 1. The van der Waals surface area contributed by atoms with Crippen LogP contribution in [-0.2, 0) is 14.3 Å². The van der Waals surface area contributed by atoms with Crippen LogP contribution >= 0.6 is 0 Å². The maximum Gasteiger partial charge on any atom is 0.341 e. The number of ether oxygens (including phenoxy) is 2. The number of esters is 1. The predicted octanol–water partition coefficient (Wildman–Crippen LogP) is 7.08. The number of ketones is 1. The molecule has 0 N–H and O–H groups in total. The normalized spacial score (nSPS) is 12.9. The fourth-order valence-corrected chi connectivity index (χ4v) is 2.75. The van der Waals surface area contributed by atoms with E-state index in [0.29, 0.717) is 35.1 Å². The second kappa shape index (κ2) is 17.3. The summed E-state index contributed by atoms with van der Waals surface area (Å²) in [4.78, 5) is 25.1. The van der Waals surface area contributed by atoms with Crippen LogP contribution in [0.25, 0.3) is 0 Å². The lowest BCUT2D eigenvalue weighted by molar-refractivity contribution is -0.136. The summed E-state index contributed by atoms with van der Waals surface area (Å²) in [7, 11) is 2.79. The van der Waals surface area contributed by atoms with Crippen LogP contribution in [0.15, 0.2) is 64.5 Å². The molecule has 1 aromatic rings. The fourth-order valence-electron chi connectivity index (χ4n) is 2.75. The minimum absolute atomic E-state index is 0.0663. The smallest absolute Gasteiger partial charge is 0.341 e. The van der Waals surface area contributed by atoms with Crippen molar-refractivity contribution in [3.63, 3.8) is 0 Å². The van der Waals surface area contributed by atoms with Crippen LogP contribution in [0.4, 0.5) is 0 Å². The van der Waals surface area contributed by atoms with Crippen molar-refractivity contribution in [3.05, 3.63) is 70.0 Å². The van der Waals surface area contributed by atoms with E-state index in [9.17, 15) is 9.59 Å². The van der Waals surface area contributed by atoms with Crippen molar-refractivity contribution < 1.29 is 19.1 Å². The largest absolute Gasteiger partial charge is 0.503 e. The number of Topliss-reactive ketones (excluding diaryl/α,β-unsaturated/α-hetero) is 1. The third kappa shape index (κ3) is 8.40. The summed E-state index contributed by atoms with van der Waals surface area (Å²) in [5, 5.41) is 0. The van der Waals surface area contributed by atoms with Crippen LogP contribution in [0.5, 0.6) is 0 Å². The molecule has 0 aliphatic heterocycles. The Kier molecular flexibility index (Phi) is 17.0. The van der Waals surface area contributed by atoms with Gasteiger partial charge in [-0.2, -0.15) is 0 Å². The summed E-state index contributed by atoms with van der Waals surface area (Å²) in [6.07, 6.45) is 2.41. The van der Waals surface area contributed by atoms with E-state index < -0.39 is 5.97 Å². The van der Waals surface area contributed by atoms with Gasteiger partial charge >= 0.3 is 5.97 Å². The van der Waals surface area contributed by atoms with Gasteiger partial charge in [0.15, 0.2) is 5.78 Å². The summed E-state index contributed by atoms with van der Waals surface area (Å²) in [5.74, 6) is -0.569. The zero-order chi connectivity index (χ0) is 23.7. The Morgan fingerprint density at radius 1 is 0.800 bits per heavy atom. The lowest BCUT2D eigenvalue weighted by Crippen LogP contribution is -2.17. The topological polar surface area (TPSA) is 52.6 Å². The zero-order valence-electron chi connectivity index (χ0n) is 20.5. The molecule has 2 rings (SSSR count). The van der Waals surface area contributed by atoms with Crippen LogP contribution < -0.4 is 0 Å². The molecule has 168 valence electrons. The lowest BCUT2D eigenvalue weighted by atomic mass is 9.81. The molecule has 0 heterocycles. The predicted molar refractivity (Wildman–Crippen MR) is 127 cm³/mol. The summed E-state index contributed by atoms with van der Waals surface area (Å²) in [6.45, 7) is 16.0. The Morgan fingerprint density at radius 2 is 1.27 bits per heavy atom. The lowest BCUT2D eigenvalue weighted by Gasteiger charge is -2.23. The molecule has 1 aliphatic rings. The van der Waals surface area contributed by atoms with Crippen LogP contribution in [0.1, 0.15) is 78.6 Å². The van der Waals surface area contributed by atoms with Crippen molar-refractivity contribution in [3.8, 4) is 0 Å². The van der Waals surface area contributed by atoms with Gasteiger partial charge in [0, 0.05) is 11.1 Å².